The molecular weight excluding hydrogens is 208 g/mol. The van der Waals surface area contributed by atoms with Crippen LogP contribution in [0.4, 0.5) is 0 Å². The lowest BCUT2D eigenvalue weighted by atomic mass is 10.3. The Balaban J connectivity index is 2.07. The van der Waals surface area contributed by atoms with Crippen molar-refractivity contribution in [3.63, 3.8) is 0 Å². The number of rotatable bonds is 3. The first kappa shape index (κ1) is 10.8. The molecule has 0 spiro atoms. The van der Waals surface area contributed by atoms with Crippen LogP contribution in [0.1, 0.15) is 31.6 Å². The lowest BCUT2D eigenvalue weighted by molar-refractivity contribution is 0.284. The number of nitrogens with one attached hydrogen (secondary N) is 1. The predicted octanol–water partition coefficient (Wildman–Crippen LogP) is 1.91. The molecule has 0 amide bonds. The van der Waals surface area contributed by atoms with Gasteiger partial charge in [0.15, 0.2) is 4.77 Å². The topological polar surface area (TPSA) is 36.9 Å². The maximum atomic E-state index is 5.22. The van der Waals surface area contributed by atoms with Crippen LogP contribution in [-0.2, 0) is 0 Å². The summed E-state index contributed by atoms with van der Waals surface area (Å²) in [5.74, 6) is 0.978. The predicted molar refractivity (Wildman–Crippen MR) is 62.5 cm³/mol. The summed E-state index contributed by atoms with van der Waals surface area (Å²) in [4.78, 5) is 2.50. The van der Waals surface area contributed by atoms with Crippen LogP contribution < -0.4 is 0 Å². The van der Waals surface area contributed by atoms with Gasteiger partial charge in [0, 0.05) is 12.6 Å². The van der Waals surface area contributed by atoms with E-state index in [9.17, 15) is 0 Å². The first-order valence-electron chi connectivity index (χ1n) is 5.54. The maximum Gasteiger partial charge on any atom is 0.195 e. The van der Waals surface area contributed by atoms with Crippen molar-refractivity contribution in [1.82, 2.24) is 19.7 Å². The van der Waals surface area contributed by atoms with E-state index in [0.717, 1.165) is 17.1 Å². The van der Waals surface area contributed by atoms with Crippen molar-refractivity contribution in [2.24, 2.45) is 0 Å². The lowest BCUT2D eigenvalue weighted by Crippen LogP contribution is -2.27. The number of nitrogens with zero attached hydrogens (tertiary/aromatic N) is 3. The van der Waals surface area contributed by atoms with E-state index in [1.54, 1.807) is 0 Å². The highest BCUT2D eigenvalue weighted by atomic mass is 32.1. The average Bonchev–Trinajstić information content (AvgIpc) is 2.77. The summed E-state index contributed by atoms with van der Waals surface area (Å²) < 4.78 is 2.84. The molecule has 0 aliphatic carbocycles. The monoisotopic (exact) mass is 226 g/mol. The average molecular weight is 226 g/mol. The number of hydrogen-bond acceptors (Lipinski definition) is 3. The van der Waals surface area contributed by atoms with E-state index in [1.165, 1.54) is 25.9 Å². The van der Waals surface area contributed by atoms with Crippen molar-refractivity contribution in [2.75, 3.05) is 19.6 Å². The van der Waals surface area contributed by atoms with E-state index in [4.69, 9.17) is 12.2 Å². The van der Waals surface area contributed by atoms with Crippen molar-refractivity contribution in [2.45, 2.75) is 32.7 Å². The van der Waals surface area contributed by atoms with Gasteiger partial charge in [-0.2, -0.15) is 5.10 Å². The molecule has 0 aromatic carbocycles. The Morgan fingerprint density at radius 3 is 2.67 bits per heavy atom. The van der Waals surface area contributed by atoms with Crippen LogP contribution in [0.5, 0.6) is 0 Å². The SMILES string of the molecule is Cc1n[nH]c(=S)n1C(C)CN1CCCC1. The molecule has 1 atom stereocenters. The van der Waals surface area contributed by atoms with Gasteiger partial charge in [0.05, 0.1) is 0 Å². The van der Waals surface area contributed by atoms with Crippen molar-refractivity contribution in [3.05, 3.63) is 10.6 Å². The Hall–Kier alpha value is -0.680. The normalized spacial score (nSPS) is 19.6. The molecule has 15 heavy (non-hydrogen) atoms. The van der Waals surface area contributed by atoms with Crippen LogP contribution in [-0.4, -0.2) is 39.3 Å². The Morgan fingerprint density at radius 2 is 2.13 bits per heavy atom. The third-order valence-electron chi connectivity index (χ3n) is 3.04. The van der Waals surface area contributed by atoms with E-state index < -0.39 is 0 Å². The Labute approximate surface area is 95.3 Å². The smallest absolute Gasteiger partial charge is 0.195 e. The zero-order valence-electron chi connectivity index (χ0n) is 9.36. The summed E-state index contributed by atoms with van der Waals surface area (Å²) in [6.45, 7) is 7.74. The van der Waals surface area contributed by atoms with Gasteiger partial charge in [-0.15, -0.1) is 0 Å². The fraction of sp³-hybridized carbons (Fsp3) is 0.800. The van der Waals surface area contributed by atoms with Crippen LogP contribution in [0, 0.1) is 11.7 Å². The van der Waals surface area contributed by atoms with Crippen molar-refractivity contribution in [1.29, 1.82) is 0 Å². The minimum absolute atomic E-state index is 0.411. The number of aryl methyl sites for hydroxylation is 1. The first-order chi connectivity index (χ1) is 7.18. The van der Waals surface area contributed by atoms with Crippen LogP contribution >= 0.6 is 12.2 Å². The molecule has 0 bridgehead atoms. The third kappa shape index (κ3) is 2.29. The highest BCUT2D eigenvalue weighted by Gasteiger charge is 2.17. The third-order valence-corrected chi connectivity index (χ3v) is 3.33. The highest BCUT2D eigenvalue weighted by molar-refractivity contribution is 7.71. The van der Waals surface area contributed by atoms with Crippen LogP contribution in [0.25, 0.3) is 0 Å². The first-order valence-corrected chi connectivity index (χ1v) is 5.95. The molecule has 4 nitrogen and oxygen atoms in total. The van der Waals surface area contributed by atoms with Crippen LogP contribution in [0.15, 0.2) is 0 Å². The molecule has 1 saturated heterocycles. The fourth-order valence-electron chi connectivity index (χ4n) is 2.32. The Kier molecular flexibility index (Phi) is 3.21. The highest BCUT2D eigenvalue weighted by Crippen LogP contribution is 2.15. The number of hydrogen-bond donors (Lipinski definition) is 1. The Morgan fingerprint density at radius 1 is 1.47 bits per heavy atom. The molecular formula is C10H18N4S. The standard InChI is InChI=1S/C10H18N4S/c1-8(7-13-5-3-4-6-13)14-9(2)11-12-10(14)15/h8H,3-7H2,1-2H3,(H,12,15). The van der Waals surface area contributed by atoms with Gasteiger partial charge in [0.1, 0.15) is 5.82 Å². The van der Waals surface area contributed by atoms with Gasteiger partial charge in [-0.3, -0.25) is 5.10 Å². The molecule has 1 aromatic heterocycles. The van der Waals surface area contributed by atoms with Gasteiger partial charge in [-0.1, -0.05) is 0 Å². The number of aromatic amines is 1. The molecule has 1 fully saturated rings. The van der Waals surface area contributed by atoms with Gasteiger partial charge >= 0.3 is 0 Å². The van der Waals surface area contributed by atoms with E-state index >= 15 is 0 Å². The summed E-state index contributed by atoms with van der Waals surface area (Å²) in [5.41, 5.74) is 0. The summed E-state index contributed by atoms with van der Waals surface area (Å²) >= 11 is 5.22. The molecule has 0 radical (unpaired) electrons. The summed E-state index contributed by atoms with van der Waals surface area (Å²) in [7, 11) is 0. The van der Waals surface area contributed by atoms with E-state index in [-0.39, 0.29) is 0 Å². The second-order valence-electron chi connectivity index (χ2n) is 4.30. The second kappa shape index (κ2) is 4.45. The van der Waals surface area contributed by atoms with Gasteiger partial charge < -0.3 is 9.47 Å². The lowest BCUT2D eigenvalue weighted by Gasteiger charge is -2.21. The van der Waals surface area contributed by atoms with Crippen molar-refractivity contribution < 1.29 is 0 Å². The fourth-order valence-corrected chi connectivity index (χ4v) is 2.68. The molecule has 1 aliphatic rings. The molecule has 2 heterocycles. The minimum Gasteiger partial charge on any atom is -0.301 e. The summed E-state index contributed by atoms with van der Waals surface area (Å²) in [5, 5.41) is 6.98. The maximum absolute atomic E-state index is 5.22. The van der Waals surface area contributed by atoms with Gasteiger partial charge in [-0.25, -0.2) is 0 Å². The molecule has 1 aromatic rings. The zero-order valence-corrected chi connectivity index (χ0v) is 10.2. The minimum atomic E-state index is 0.411. The van der Waals surface area contributed by atoms with E-state index in [0.29, 0.717) is 6.04 Å². The van der Waals surface area contributed by atoms with E-state index in [2.05, 4.69) is 26.6 Å². The molecule has 0 saturated carbocycles. The Bertz CT molecular complexity index is 375. The largest absolute Gasteiger partial charge is 0.301 e. The van der Waals surface area contributed by atoms with Crippen LogP contribution in [0.3, 0.4) is 0 Å². The van der Waals surface area contributed by atoms with E-state index in [1.807, 2.05) is 6.92 Å². The molecule has 1 N–H and O–H groups in total. The van der Waals surface area contributed by atoms with Crippen LogP contribution in [0.2, 0.25) is 0 Å². The van der Waals surface area contributed by atoms with Gasteiger partial charge in [0.25, 0.3) is 0 Å². The molecule has 84 valence electrons. The van der Waals surface area contributed by atoms with Crippen molar-refractivity contribution in [3.8, 4) is 0 Å². The summed E-state index contributed by atoms with van der Waals surface area (Å²) in [6.07, 6.45) is 2.67. The molecule has 5 heteroatoms. The summed E-state index contributed by atoms with van der Waals surface area (Å²) in [6, 6.07) is 0.411. The molecule has 1 aliphatic heterocycles. The number of aromatic nitrogens is 3. The quantitative estimate of drug-likeness (QED) is 0.800. The van der Waals surface area contributed by atoms with Gasteiger partial charge in [-0.05, 0) is 52.0 Å². The molecule has 1 unspecified atom stereocenters. The zero-order chi connectivity index (χ0) is 10.8. The second-order valence-corrected chi connectivity index (χ2v) is 4.69. The molecule has 2 rings (SSSR count). The number of H-pyrrole nitrogens is 1. The van der Waals surface area contributed by atoms with Gasteiger partial charge in [0.2, 0.25) is 0 Å². The number of likely N-dealkylation sites (tertiary alicyclic amines) is 1. The van der Waals surface area contributed by atoms with Crippen molar-refractivity contribution >= 4 is 12.2 Å².